The zero-order chi connectivity index (χ0) is 49.9. The van der Waals surface area contributed by atoms with E-state index in [0.29, 0.717) is 23.1 Å². The second-order valence-corrected chi connectivity index (χ2v) is 19.7. The van der Waals surface area contributed by atoms with Gasteiger partial charge in [0.1, 0.15) is 33.5 Å². The molecule has 0 amide bonds. The summed E-state index contributed by atoms with van der Waals surface area (Å²) < 4.78 is 19.7. The first-order chi connectivity index (χ1) is 37.7. The van der Waals surface area contributed by atoms with Crippen molar-refractivity contribution in [3.8, 4) is 67.5 Å². The number of furan rings is 3. The van der Waals surface area contributed by atoms with Crippen LogP contribution in [0.4, 0.5) is 0 Å². The minimum atomic E-state index is -0.491. The van der Waals surface area contributed by atoms with Gasteiger partial charge in [-0.05, 0) is 104 Å². The average molecular weight is 972 g/mol. The molecule has 76 heavy (non-hydrogen) atoms. The van der Waals surface area contributed by atoms with E-state index in [4.69, 9.17) is 28.2 Å². The Labute approximate surface area is 435 Å². The summed E-state index contributed by atoms with van der Waals surface area (Å²) in [6, 6.07) is 87.7. The van der Waals surface area contributed by atoms with Crippen molar-refractivity contribution < 1.29 is 13.3 Å². The van der Waals surface area contributed by atoms with Gasteiger partial charge in [-0.3, -0.25) is 0 Å². The number of hydrogen-bond acceptors (Lipinski definition) is 6. The van der Waals surface area contributed by atoms with Gasteiger partial charge in [0.25, 0.3) is 0 Å². The third kappa shape index (κ3) is 6.19. The van der Waals surface area contributed by atoms with Gasteiger partial charge >= 0.3 is 0 Å². The summed E-state index contributed by atoms with van der Waals surface area (Å²) in [5.74, 6) is 1.53. The van der Waals surface area contributed by atoms with Crippen molar-refractivity contribution in [3.05, 3.63) is 271 Å². The fourth-order valence-corrected chi connectivity index (χ4v) is 12.4. The van der Waals surface area contributed by atoms with Crippen LogP contribution in [-0.4, -0.2) is 15.0 Å². The molecule has 0 spiro atoms. The predicted octanol–water partition coefficient (Wildman–Crippen LogP) is 18.3. The fourth-order valence-electron chi connectivity index (χ4n) is 12.4. The van der Waals surface area contributed by atoms with Crippen LogP contribution >= 0.6 is 0 Å². The molecule has 0 bridgehead atoms. The number of fused-ring (bicyclic) bond motifs is 12. The Morgan fingerprint density at radius 1 is 0.276 bits per heavy atom. The first-order valence-corrected chi connectivity index (χ1v) is 25.7. The van der Waals surface area contributed by atoms with Gasteiger partial charge in [0.15, 0.2) is 17.5 Å². The summed E-state index contributed by atoms with van der Waals surface area (Å²) in [4.78, 5) is 16.0. The number of para-hydroxylation sites is 3. The van der Waals surface area contributed by atoms with Gasteiger partial charge in [0, 0.05) is 43.4 Å². The minimum Gasteiger partial charge on any atom is -0.456 e. The Morgan fingerprint density at radius 3 is 1.49 bits per heavy atom. The van der Waals surface area contributed by atoms with Crippen LogP contribution in [0.2, 0.25) is 0 Å². The maximum absolute atomic E-state index is 6.69. The highest BCUT2D eigenvalue weighted by Crippen LogP contribution is 2.58. The van der Waals surface area contributed by atoms with Crippen LogP contribution in [0.25, 0.3) is 133 Å². The zero-order valence-electron chi connectivity index (χ0n) is 40.7. The molecule has 4 heterocycles. The van der Waals surface area contributed by atoms with Crippen LogP contribution in [0.1, 0.15) is 22.3 Å². The minimum absolute atomic E-state index is 0.491. The van der Waals surface area contributed by atoms with Crippen LogP contribution < -0.4 is 0 Å². The van der Waals surface area contributed by atoms with E-state index in [2.05, 4.69) is 176 Å². The second-order valence-electron chi connectivity index (χ2n) is 19.7. The van der Waals surface area contributed by atoms with Crippen molar-refractivity contribution in [2.24, 2.45) is 0 Å². The number of benzene rings is 11. The van der Waals surface area contributed by atoms with Crippen LogP contribution in [0.5, 0.6) is 0 Å². The molecule has 0 saturated heterocycles. The van der Waals surface area contributed by atoms with E-state index in [9.17, 15) is 0 Å². The topological polar surface area (TPSA) is 78.1 Å². The van der Waals surface area contributed by atoms with Crippen molar-refractivity contribution in [1.82, 2.24) is 15.0 Å². The van der Waals surface area contributed by atoms with Gasteiger partial charge < -0.3 is 13.3 Å². The number of hydrogen-bond donors (Lipinski definition) is 0. The summed E-state index contributed by atoms with van der Waals surface area (Å²) >= 11 is 0. The van der Waals surface area contributed by atoms with Gasteiger partial charge in [-0.25, -0.2) is 15.0 Å². The average Bonchev–Trinajstić information content (AvgIpc) is 4.27. The summed E-state index contributed by atoms with van der Waals surface area (Å²) in [5.41, 5.74) is 18.6. The van der Waals surface area contributed by atoms with Crippen LogP contribution in [0, 0.1) is 0 Å². The van der Waals surface area contributed by atoms with Gasteiger partial charge in [0.05, 0.1) is 11.0 Å². The van der Waals surface area contributed by atoms with E-state index in [1.807, 2.05) is 72.8 Å². The molecule has 1 aliphatic rings. The molecule has 16 rings (SSSR count). The third-order valence-corrected chi connectivity index (χ3v) is 15.6. The first kappa shape index (κ1) is 42.3. The molecule has 11 aromatic carbocycles. The van der Waals surface area contributed by atoms with E-state index < -0.39 is 5.41 Å². The lowest BCUT2D eigenvalue weighted by molar-refractivity contribution is 0.668. The Hall–Kier alpha value is -10.2. The van der Waals surface area contributed by atoms with Gasteiger partial charge in [0.2, 0.25) is 0 Å². The quantitative estimate of drug-likeness (QED) is 0.158. The maximum Gasteiger partial charge on any atom is 0.167 e. The molecular formula is C70H41N3O3. The zero-order valence-corrected chi connectivity index (χ0v) is 40.7. The normalized spacial score (nSPS) is 12.8. The van der Waals surface area contributed by atoms with E-state index in [1.54, 1.807) is 0 Å². The molecule has 0 fully saturated rings. The number of aromatic nitrogens is 3. The van der Waals surface area contributed by atoms with Gasteiger partial charge in [-0.1, -0.05) is 200 Å². The van der Waals surface area contributed by atoms with E-state index in [-0.39, 0.29) is 0 Å². The highest BCUT2D eigenvalue weighted by Gasteiger charge is 2.46. The standard InChI is InChI=1S/C70H41N3O3/c1-3-20-45(21-4-1)70(46-22-5-2-6-23-46)56-32-10-7-25-50(56)63-47(27-15-33-57(63)70)44-19-13-18-42(40-44)43-38-39-60-55(41-43)65-53(30-17-37-62(65)75-60)68-71-67(52-29-16-36-61-64(52)51-26-9-12-35-59(51)74-61)72-69(73-68)54-31-14-28-49-48-24-8-11-34-58(48)76-66(49)54/h1-41H. The lowest BCUT2D eigenvalue weighted by atomic mass is 9.67. The number of rotatable bonds is 7. The van der Waals surface area contributed by atoms with E-state index >= 15 is 0 Å². The molecule has 4 aromatic heterocycles. The van der Waals surface area contributed by atoms with E-state index in [0.717, 1.165) is 93.6 Å². The molecule has 354 valence electrons. The summed E-state index contributed by atoms with van der Waals surface area (Å²) in [6.07, 6.45) is 0. The smallest absolute Gasteiger partial charge is 0.167 e. The van der Waals surface area contributed by atoms with E-state index in [1.165, 1.54) is 38.9 Å². The van der Waals surface area contributed by atoms with Crippen LogP contribution in [0.15, 0.2) is 262 Å². The van der Waals surface area contributed by atoms with Gasteiger partial charge in [-0.15, -0.1) is 0 Å². The molecule has 15 aromatic rings. The summed E-state index contributed by atoms with van der Waals surface area (Å²) in [6.45, 7) is 0. The van der Waals surface area contributed by atoms with Gasteiger partial charge in [-0.2, -0.15) is 0 Å². The third-order valence-electron chi connectivity index (χ3n) is 15.6. The predicted molar refractivity (Wildman–Crippen MR) is 306 cm³/mol. The van der Waals surface area contributed by atoms with Crippen molar-refractivity contribution in [2.45, 2.75) is 5.41 Å². The maximum atomic E-state index is 6.69. The lowest BCUT2D eigenvalue weighted by Crippen LogP contribution is -2.28. The second kappa shape index (κ2) is 16.4. The molecule has 0 N–H and O–H groups in total. The molecular weight excluding hydrogens is 931 g/mol. The molecule has 6 heteroatoms. The highest BCUT2D eigenvalue weighted by molar-refractivity contribution is 6.15. The van der Waals surface area contributed by atoms with Crippen molar-refractivity contribution in [3.63, 3.8) is 0 Å². The van der Waals surface area contributed by atoms with Crippen molar-refractivity contribution >= 4 is 65.8 Å². The summed E-state index contributed by atoms with van der Waals surface area (Å²) in [7, 11) is 0. The highest BCUT2D eigenvalue weighted by atomic mass is 16.3. The summed E-state index contributed by atoms with van der Waals surface area (Å²) in [5, 5.41) is 5.84. The lowest BCUT2D eigenvalue weighted by Gasteiger charge is -2.34. The first-order valence-electron chi connectivity index (χ1n) is 25.7. The molecule has 0 unspecified atom stereocenters. The SMILES string of the molecule is c1ccc(C2(c3ccccc3)c3ccccc3-c3c(-c4cccc(-c5ccc6oc7cccc(-c8nc(-c9cccc%10c9oc9ccccc9%10)nc(-c9cccc%10oc%11ccccc%11c9%10)n8)c7c6c5)c4)cccc32)cc1. The molecule has 6 nitrogen and oxygen atoms in total. The Balaban J connectivity index is 0.875. The largest absolute Gasteiger partial charge is 0.456 e. The molecule has 0 saturated carbocycles. The molecule has 1 aliphatic carbocycles. The van der Waals surface area contributed by atoms with Crippen LogP contribution in [-0.2, 0) is 5.41 Å². The monoisotopic (exact) mass is 971 g/mol. The molecule has 0 radical (unpaired) electrons. The Morgan fingerprint density at radius 2 is 0.750 bits per heavy atom. The van der Waals surface area contributed by atoms with Crippen LogP contribution in [0.3, 0.4) is 0 Å². The number of nitrogens with zero attached hydrogens (tertiary/aromatic N) is 3. The van der Waals surface area contributed by atoms with Crippen molar-refractivity contribution in [1.29, 1.82) is 0 Å². The molecule has 0 aliphatic heterocycles. The Bertz CT molecular complexity index is 4800. The fraction of sp³-hybridized carbons (Fsp3) is 0.0143. The molecule has 0 atom stereocenters. The van der Waals surface area contributed by atoms with Crippen molar-refractivity contribution in [2.75, 3.05) is 0 Å². The Kier molecular flexibility index (Phi) is 9.15.